The van der Waals surface area contributed by atoms with E-state index in [2.05, 4.69) is 6.58 Å². The summed E-state index contributed by atoms with van der Waals surface area (Å²) in [5.41, 5.74) is 3.02. The summed E-state index contributed by atoms with van der Waals surface area (Å²) in [5.74, 6) is 0.923. The van der Waals surface area contributed by atoms with Crippen molar-refractivity contribution in [3.05, 3.63) is 58.2 Å². The molecule has 3 rings (SSSR count). The Balaban J connectivity index is 2.22. The molecule has 0 atom stereocenters. The molecule has 0 aliphatic heterocycles. The normalized spacial score (nSPS) is 12.0. The molecule has 3 aromatic rings. The number of aromatic hydroxyl groups is 1. The summed E-state index contributed by atoms with van der Waals surface area (Å²) in [7, 11) is 1.63. The predicted molar refractivity (Wildman–Crippen MR) is 83.9 cm³/mol. The van der Waals surface area contributed by atoms with Crippen LogP contribution in [0.1, 0.15) is 11.1 Å². The lowest BCUT2D eigenvalue weighted by molar-refractivity contribution is 0.415. The minimum atomic E-state index is 0.134. The number of aryl methyl sites for hydroxylation is 1. The number of benzene rings is 2. The van der Waals surface area contributed by atoms with Crippen LogP contribution < -0.4 is 15.4 Å². The number of ether oxygens (including phenoxy) is 1. The van der Waals surface area contributed by atoms with Gasteiger partial charge in [0.25, 0.3) is 0 Å². The Morgan fingerprint density at radius 2 is 1.86 bits per heavy atom. The van der Waals surface area contributed by atoms with Gasteiger partial charge in [-0.3, -0.25) is 0 Å². The summed E-state index contributed by atoms with van der Waals surface area (Å²) in [6.45, 7) is 5.89. The van der Waals surface area contributed by atoms with E-state index in [4.69, 9.17) is 9.15 Å². The smallest absolute Gasteiger partial charge is 0.170 e. The Labute approximate surface area is 122 Å². The second-order valence-electron chi connectivity index (χ2n) is 4.98. The molecule has 2 aromatic carbocycles. The lowest BCUT2D eigenvalue weighted by Crippen LogP contribution is -1.99. The van der Waals surface area contributed by atoms with Gasteiger partial charge >= 0.3 is 0 Å². The Bertz CT molecular complexity index is 902. The van der Waals surface area contributed by atoms with Crippen LogP contribution in [0.25, 0.3) is 23.6 Å². The van der Waals surface area contributed by atoms with E-state index in [-0.39, 0.29) is 5.75 Å². The zero-order valence-corrected chi connectivity index (χ0v) is 12.0. The van der Waals surface area contributed by atoms with Crippen LogP contribution in [0, 0.1) is 6.92 Å². The molecule has 106 valence electrons. The summed E-state index contributed by atoms with van der Waals surface area (Å²) in [4.78, 5) is 0. The summed E-state index contributed by atoms with van der Waals surface area (Å²) in [6, 6.07) is 11.4. The Morgan fingerprint density at radius 1 is 1.14 bits per heavy atom. The van der Waals surface area contributed by atoms with Gasteiger partial charge in [0, 0.05) is 0 Å². The first-order chi connectivity index (χ1) is 10.1. The highest BCUT2D eigenvalue weighted by Gasteiger charge is 2.10. The molecule has 0 amide bonds. The average Bonchev–Trinajstić information content (AvgIpc) is 2.82. The van der Waals surface area contributed by atoms with Gasteiger partial charge in [-0.25, -0.2) is 0 Å². The molecule has 1 N–H and O–H groups in total. The van der Waals surface area contributed by atoms with E-state index >= 15 is 0 Å². The molecular weight excluding hydrogens is 264 g/mol. The minimum absolute atomic E-state index is 0.134. The van der Waals surface area contributed by atoms with Crippen LogP contribution >= 0.6 is 0 Å². The molecule has 3 nitrogen and oxygen atoms in total. The molecule has 0 spiro atoms. The number of rotatable bonds is 2. The van der Waals surface area contributed by atoms with Crippen LogP contribution in [-0.2, 0) is 0 Å². The van der Waals surface area contributed by atoms with Gasteiger partial charge in [0.1, 0.15) is 11.3 Å². The van der Waals surface area contributed by atoms with Crippen LogP contribution in [0.3, 0.4) is 0 Å². The van der Waals surface area contributed by atoms with E-state index in [1.54, 1.807) is 13.2 Å². The maximum Gasteiger partial charge on any atom is 0.170 e. The molecule has 0 unspecified atom stereocenters. The number of fused-ring (bicyclic) bond motifs is 1. The monoisotopic (exact) mass is 280 g/mol. The molecule has 0 fully saturated rings. The fourth-order valence-electron chi connectivity index (χ4n) is 2.35. The highest BCUT2D eigenvalue weighted by Crippen LogP contribution is 2.22. The lowest BCUT2D eigenvalue weighted by Gasteiger charge is -1.98. The lowest BCUT2D eigenvalue weighted by atomic mass is 10.1. The zero-order chi connectivity index (χ0) is 15.0. The summed E-state index contributed by atoms with van der Waals surface area (Å²) >= 11 is 0. The van der Waals surface area contributed by atoms with Gasteiger partial charge in [0.2, 0.25) is 0 Å². The van der Waals surface area contributed by atoms with Crippen LogP contribution in [-0.4, -0.2) is 12.2 Å². The molecular formula is C18H16O3. The molecule has 0 bridgehead atoms. The van der Waals surface area contributed by atoms with Crippen molar-refractivity contribution in [1.82, 2.24) is 0 Å². The first-order valence-electron chi connectivity index (χ1n) is 6.66. The van der Waals surface area contributed by atoms with Crippen molar-refractivity contribution in [2.24, 2.45) is 0 Å². The van der Waals surface area contributed by atoms with Crippen molar-refractivity contribution in [1.29, 1.82) is 0 Å². The standard InChI is InChI=1S/C18H16O3/c1-11-4-5-12(2)18-16(11)17(19)15(21-18)10-13-6-8-14(20-3)9-7-13/h4-10,19H,1H2,2-3H3. The Morgan fingerprint density at radius 3 is 2.48 bits per heavy atom. The van der Waals surface area contributed by atoms with E-state index in [9.17, 15) is 5.11 Å². The van der Waals surface area contributed by atoms with Crippen LogP contribution in [0.5, 0.6) is 11.5 Å². The van der Waals surface area contributed by atoms with Crippen molar-refractivity contribution in [2.75, 3.05) is 7.11 Å². The summed E-state index contributed by atoms with van der Waals surface area (Å²) in [5, 5.41) is 11.8. The number of furan rings is 1. The highest BCUT2D eigenvalue weighted by molar-refractivity contribution is 5.87. The molecule has 0 aliphatic carbocycles. The molecule has 1 heterocycles. The quantitative estimate of drug-likeness (QED) is 0.785. The van der Waals surface area contributed by atoms with Crippen LogP contribution in [0.4, 0.5) is 0 Å². The molecule has 0 radical (unpaired) electrons. The first kappa shape index (κ1) is 13.3. The highest BCUT2D eigenvalue weighted by atomic mass is 16.5. The van der Waals surface area contributed by atoms with Gasteiger partial charge in [-0.2, -0.15) is 0 Å². The molecule has 0 aliphatic rings. The van der Waals surface area contributed by atoms with Crippen molar-refractivity contribution < 1.29 is 14.3 Å². The Hall–Kier alpha value is -2.68. The van der Waals surface area contributed by atoms with E-state index in [1.807, 2.05) is 43.3 Å². The Kier molecular flexibility index (Phi) is 3.18. The van der Waals surface area contributed by atoms with Crippen LogP contribution in [0.2, 0.25) is 0 Å². The average molecular weight is 280 g/mol. The van der Waals surface area contributed by atoms with E-state index in [0.717, 1.165) is 22.1 Å². The zero-order valence-electron chi connectivity index (χ0n) is 12.0. The second-order valence-corrected chi connectivity index (χ2v) is 4.98. The minimum Gasteiger partial charge on any atom is -0.504 e. The topological polar surface area (TPSA) is 42.6 Å². The van der Waals surface area contributed by atoms with Gasteiger partial charge in [-0.15, -0.1) is 0 Å². The van der Waals surface area contributed by atoms with Gasteiger partial charge in [0.05, 0.1) is 12.5 Å². The SMILES string of the molecule is C=c1ccc(C)c2oc(=Cc3ccc(OC)cc3)c(O)c12. The molecule has 1 aromatic heterocycles. The largest absolute Gasteiger partial charge is 0.504 e. The van der Waals surface area contributed by atoms with Gasteiger partial charge in [0.15, 0.2) is 11.2 Å². The molecule has 0 saturated carbocycles. The third-order valence-corrected chi connectivity index (χ3v) is 3.54. The third-order valence-electron chi connectivity index (χ3n) is 3.54. The van der Waals surface area contributed by atoms with Crippen LogP contribution in [0.15, 0.2) is 40.8 Å². The number of methoxy groups -OCH3 is 1. The van der Waals surface area contributed by atoms with E-state index in [0.29, 0.717) is 16.4 Å². The molecule has 21 heavy (non-hydrogen) atoms. The molecule has 0 saturated heterocycles. The number of hydrogen-bond acceptors (Lipinski definition) is 3. The second kappa shape index (κ2) is 5.02. The van der Waals surface area contributed by atoms with Gasteiger partial charge in [-0.1, -0.05) is 30.8 Å². The van der Waals surface area contributed by atoms with Gasteiger partial charge < -0.3 is 14.3 Å². The third kappa shape index (κ3) is 2.27. The predicted octanol–water partition coefficient (Wildman–Crippen LogP) is 2.69. The first-order valence-corrected chi connectivity index (χ1v) is 6.66. The number of hydrogen-bond donors (Lipinski definition) is 1. The van der Waals surface area contributed by atoms with Crippen molar-refractivity contribution in [3.63, 3.8) is 0 Å². The fraction of sp³-hybridized carbons (Fsp3) is 0.111. The fourth-order valence-corrected chi connectivity index (χ4v) is 2.35. The maximum atomic E-state index is 10.4. The van der Waals surface area contributed by atoms with Gasteiger partial charge in [-0.05, 0) is 41.5 Å². The summed E-state index contributed by atoms with van der Waals surface area (Å²) < 4.78 is 10.9. The van der Waals surface area contributed by atoms with Crippen molar-refractivity contribution in [2.45, 2.75) is 6.92 Å². The maximum absolute atomic E-state index is 10.4. The van der Waals surface area contributed by atoms with E-state index < -0.39 is 0 Å². The van der Waals surface area contributed by atoms with Crippen molar-refractivity contribution in [3.8, 4) is 11.5 Å². The van der Waals surface area contributed by atoms with E-state index in [1.165, 1.54) is 0 Å². The molecule has 3 heteroatoms. The van der Waals surface area contributed by atoms with Crippen molar-refractivity contribution >= 4 is 23.6 Å². The summed E-state index contributed by atoms with van der Waals surface area (Å²) in [6.07, 6.45) is 1.80.